The van der Waals surface area contributed by atoms with Crippen LogP contribution in [0.3, 0.4) is 0 Å². The summed E-state index contributed by atoms with van der Waals surface area (Å²) in [6.45, 7) is 3.30. The lowest BCUT2D eigenvalue weighted by molar-refractivity contribution is -0.118. The Morgan fingerprint density at radius 2 is 1.80 bits per heavy atom. The van der Waals surface area contributed by atoms with Crippen LogP contribution in [-0.4, -0.2) is 72.2 Å². The minimum atomic E-state index is -1.05. The van der Waals surface area contributed by atoms with Crippen LogP contribution >= 0.6 is 11.6 Å². The van der Waals surface area contributed by atoms with Crippen molar-refractivity contribution >= 4 is 40.1 Å². The SMILES string of the molecule is COc1ccc(CN(C)C)cc1NC(=O)C(NC(=O)N1CCC(O)(c2ccc(Cl)cc2)CC1)C(C)c1c[nH]c2ccccc12. The van der Waals surface area contributed by atoms with Crippen LogP contribution in [0.15, 0.2) is 72.9 Å². The Kier molecular flexibility index (Phi) is 9.48. The third kappa shape index (κ3) is 6.85. The molecule has 2 unspecified atom stereocenters. The number of carbonyl (C=O) groups excluding carboxylic acids is 2. The number of urea groups is 1. The summed E-state index contributed by atoms with van der Waals surface area (Å²) in [5.74, 6) is -0.198. The predicted octanol–water partition coefficient (Wildman–Crippen LogP) is 5.70. The molecule has 1 saturated heterocycles. The number of piperidine rings is 1. The second-order valence-corrected chi connectivity index (χ2v) is 12.2. The molecule has 1 aromatic heterocycles. The van der Waals surface area contributed by atoms with E-state index in [0.717, 1.165) is 27.6 Å². The average molecular weight is 618 g/mol. The van der Waals surface area contributed by atoms with Gasteiger partial charge in [-0.3, -0.25) is 4.79 Å². The maximum atomic E-state index is 14.0. The summed E-state index contributed by atoms with van der Waals surface area (Å²) in [6, 6.07) is 19.5. The highest BCUT2D eigenvalue weighted by atomic mass is 35.5. The number of carbonyl (C=O) groups is 2. The number of amides is 3. The molecule has 9 nitrogen and oxygen atoms in total. The zero-order valence-corrected chi connectivity index (χ0v) is 26.3. The van der Waals surface area contributed by atoms with Gasteiger partial charge in [-0.1, -0.05) is 54.9 Å². The molecule has 1 aliphatic rings. The van der Waals surface area contributed by atoms with E-state index < -0.39 is 11.6 Å². The number of anilines is 1. The number of hydrogen-bond donors (Lipinski definition) is 4. The third-order valence-corrected chi connectivity index (χ3v) is 8.71. The number of aliphatic hydroxyl groups is 1. The largest absolute Gasteiger partial charge is 0.495 e. The Bertz CT molecular complexity index is 1610. The fourth-order valence-electron chi connectivity index (χ4n) is 5.95. The molecule has 10 heteroatoms. The zero-order chi connectivity index (χ0) is 31.4. The van der Waals surface area contributed by atoms with E-state index in [0.29, 0.717) is 48.9 Å². The van der Waals surface area contributed by atoms with Crippen molar-refractivity contribution in [1.29, 1.82) is 0 Å². The van der Waals surface area contributed by atoms with Crippen molar-refractivity contribution in [2.75, 3.05) is 39.6 Å². The molecule has 4 aromatic rings. The van der Waals surface area contributed by atoms with Crippen LogP contribution in [0.4, 0.5) is 10.5 Å². The first-order valence-electron chi connectivity index (χ1n) is 14.8. The number of rotatable bonds is 9. The number of methoxy groups -OCH3 is 1. The molecule has 3 aromatic carbocycles. The Morgan fingerprint density at radius 3 is 2.48 bits per heavy atom. The molecule has 4 N–H and O–H groups in total. The fourth-order valence-corrected chi connectivity index (χ4v) is 6.07. The first-order chi connectivity index (χ1) is 21.1. The highest BCUT2D eigenvalue weighted by Gasteiger charge is 2.37. The van der Waals surface area contributed by atoms with E-state index in [1.54, 1.807) is 24.1 Å². The van der Waals surface area contributed by atoms with Gasteiger partial charge in [0.2, 0.25) is 5.91 Å². The van der Waals surface area contributed by atoms with Crippen molar-refractivity contribution in [3.05, 3.63) is 94.6 Å². The maximum absolute atomic E-state index is 14.0. The maximum Gasteiger partial charge on any atom is 0.318 e. The molecule has 2 heterocycles. The highest BCUT2D eigenvalue weighted by molar-refractivity contribution is 6.30. The lowest BCUT2D eigenvalue weighted by Gasteiger charge is -2.39. The number of hydrogen-bond acceptors (Lipinski definition) is 5. The second-order valence-electron chi connectivity index (χ2n) is 11.8. The van der Waals surface area contributed by atoms with E-state index >= 15 is 0 Å². The van der Waals surface area contributed by atoms with E-state index in [1.807, 2.05) is 86.7 Å². The van der Waals surface area contributed by atoms with Gasteiger partial charge >= 0.3 is 6.03 Å². The summed E-state index contributed by atoms with van der Waals surface area (Å²) in [7, 11) is 5.52. The normalized spacial score (nSPS) is 16.0. The molecule has 44 heavy (non-hydrogen) atoms. The number of benzene rings is 3. The van der Waals surface area contributed by atoms with Crippen LogP contribution < -0.4 is 15.4 Å². The molecule has 0 saturated carbocycles. The number of aromatic nitrogens is 1. The van der Waals surface area contributed by atoms with Gasteiger partial charge in [0.1, 0.15) is 11.8 Å². The number of nitrogens with one attached hydrogen (secondary N) is 3. The quantitative estimate of drug-likeness (QED) is 0.193. The van der Waals surface area contributed by atoms with Gasteiger partial charge in [0.25, 0.3) is 0 Å². The molecule has 0 bridgehead atoms. The Balaban J connectivity index is 1.38. The van der Waals surface area contributed by atoms with E-state index in [-0.39, 0.29) is 17.9 Å². The molecular formula is C34H40ClN5O4. The predicted molar refractivity (Wildman–Crippen MR) is 174 cm³/mol. The Labute approximate surface area is 263 Å². The number of ether oxygens (including phenoxy) is 1. The van der Waals surface area contributed by atoms with Crippen molar-refractivity contribution in [3.63, 3.8) is 0 Å². The van der Waals surface area contributed by atoms with E-state index in [2.05, 4.69) is 15.6 Å². The topological polar surface area (TPSA) is 110 Å². The second kappa shape index (κ2) is 13.3. The van der Waals surface area contributed by atoms with Crippen molar-refractivity contribution in [3.8, 4) is 5.75 Å². The minimum Gasteiger partial charge on any atom is -0.495 e. The summed E-state index contributed by atoms with van der Waals surface area (Å²) in [4.78, 5) is 34.7. The summed E-state index contributed by atoms with van der Waals surface area (Å²) in [5, 5.41) is 19.0. The summed E-state index contributed by atoms with van der Waals surface area (Å²) >= 11 is 6.04. The third-order valence-electron chi connectivity index (χ3n) is 8.45. The summed E-state index contributed by atoms with van der Waals surface area (Å²) in [5.41, 5.74) is 3.15. The standard InChI is InChI=1S/C34H40ClN5O4/c1-22(27-20-36-28-8-6-5-7-26(27)28)31(32(41)37-29-19-23(21-39(2)3)9-14-30(29)44-4)38-33(42)40-17-15-34(43,16-18-40)24-10-12-25(35)13-11-24/h5-14,19-20,22,31,36,43H,15-18,21H2,1-4H3,(H,37,41)(H,38,42). The molecule has 2 atom stereocenters. The minimum absolute atomic E-state index is 0.334. The molecule has 3 amide bonds. The molecule has 0 radical (unpaired) electrons. The number of halogens is 1. The van der Waals surface area contributed by atoms with E-state index in [1.165, 1.54) is 0 Å². The number of aromatic amines is 1. The van der Waals surface area contributed by atoms with Gasteiger partial charge < -0.3 is 35.3 Å². The van der Waals surface area contributed by atoms with Crippen molar-refractivity contribution in [2.24, 2.45) is 0 Å². The molecule has 0 aliphatic carbocycles. The van der Waals surface area contributed by atoms with Crippen LogP contribution in [0.5, 0.6) is 5.75 Å². The summed E-state index contributed by atoms with van der Waals surface area (Å²) < 4.78 is 5.56. The first kappa shape index (κ1) is 31.4. The molecule has 5 rings (SSSR count). The number of fused-ring (bicyclic) bond motifs is 1. The van der Waals surface area contributed by atoms with Gasteiger partial charge in [-0.2, -0.15) is 0 Å². The van der Waals surface area contributed by atoms with E-state index in [4.69, 9.17) is 16.3 Å². The molecule has 232 valence electrons. The van der Waals surface area contributed by atoms with Crippen LogP contribution in [0.25, 0.3) is 10.9 Å². The summed E-state index contributed by atoms with van der Waals surface area (Å²) in [6.07, 6.45) is 2.63. The average Bonchev–Trinajstić information content (AvgIpc) is 3.44. The molecule has 1 aliphatic heterocycles. The van der Waals surface area contributed by atoms with Crippen LogP contribution in [0.1, 0.15) is 42.4 Å². The zero-order valence-electron chi connectivity index (χ0n) is 25.6. The fraction of sp³-hybridized carbons (Fsp3) is 0.353. The number of H-pyrrole nitrogens is 1. The number of nitrogens with zero attached hydrogens (tertiary/aromatic N) is 2. The van der Waals surface area contributed by atoms with Gasteiger partial charge in [-0.05, 0) is 74.0 Å². The number of para-hydroxylation sites is 1. The number of likely N-dealkylation sites (tertiary alicyclic amines) is 1. The first-order valence-corrected chi connectivity index (χ1v) is 15.2. The lowest BCUT2D eigenvalue weighted by atomic mass is 9.84. The van der Waals surface area contributed by atoms with Crippen molar-refractivity contribution < 1.29 is 19.4 Å². The highest BCUT2D eigenvalue weighted by Crippen LogP contribution is 2.34. The molecular weight excluding hydrogens is 578 g/mol. The van der Waals surface area contributed by atoms with Crippen molar-refractivity contribution in [1.82, 2.24) is 20.1 Å². The van der Waals surface area contributed by atoms with Gasteiger partial charge in [0.15, 0.2) is 0 Å². The van der Waals surface area contributed by atoms with Gasteiger partial charge in [-0.25, -0.2) is 4.79 Å². The van der Waals surface area contributed by atoms with Gasteiger partial charge in [0, 0.05) is 47.7 Å². The molecule has 0 spiro atoms. The van der Waals surface area contributed by atoms with Crippen molar-refractivity contribution in [2.45, 2.75) is 43.9 Å². The van der Waals surface area contributed by atoms with Gasteiger partial charge in [0.05, 0.1) is 18.4 Å². The smallest absolute Gasteiger partial charge is 0.318 e. The molecule has 1 fully saturated rings. The van der Waals surface area contributed by atoms with Crippen LogP contribution in [-0.2, 0) is 16.9 Å². The van der Waals surface area contributed by atoms with Gasteiger partial charge in [-0.15, -0.1) is 0 Å². The Hall–Kier alpha value is -4.05. The van der Waals surface area contributed by atoms with E-state index in [9.17, 15) is 14.7 Å². The monoisotopic (exact) mass is 617 g/mol. The lowest BCUT2D eigenvalue weighted by Crippen LogP contribution is -2.54. The van der Waals surface area contributed by atoms with Crippen LogP contribution in [0.2, 0.25) is 5.02 Å². The Morgan fingerprint density at radius 1 is 1.09 bits per heavy atom. The van der Waals surface area contributed by atoms with Crippen LogP contribution in [0, 0.1) is 0 Å².